The molecule has 1 aromatic heterocycles. The molecule has 1 heterocycles. The molecule has 0 radical (unpaired) electrons. The Balaban J connectivity index is 2.28. The quantitative estimate of drug-likeness (QED) is 0.724. The summed E-state index contributed by atoms with van der Waals surface area (Å²) in [5, 5.41) is 9.73. The lowest BCUT2D eigenvalue weighted by atomic mass is 10.0. The van der Waals surface area contributed by atoms with E-state index in [2.05, 4.69) is 64.2 Å². The lowest BCUT2D eigenvalue weighted by Gasteiger charge is -2.08. The normalized spacial score (nSPS) is 11.0. The molecule has 0 saturated carbocycles. The van der Waals surface area contributed by atoms with Gasteiger partial charge in [-0.3, -0.25) is 5.10 Å². The Labute approximate surface area is 116 Å². The van der Waals surface area contributed by atoms with Gasteiger partial charge in [0.1, 0.15) is 0 Å². The first-order chi connectivity index (χ1) is 9.31. The molecule has 0 aliphatic carbocycles. The summed E-state index contributed by atoms with van der Waals surface area (Å²) >= 11 is 5.31. The Morgan fingerprint density at radius 3 is 2.79 bits per heavy atom. The van der Waals surface area contributed by atoms with Gasteiger partial charge in [-0.15, -0.1) is 0 Å². The van der Waals surface area contributed by atoms with E-state index in [0.29, 0.717) is 4.77 Å². The Kier molecular flexibility index (Phi) is 3.17. The third kappa shape index (κ3) is 2.08. The van der Waals surface area contributed by atoms with Crippen LogP contribution in [0.15, 0.2) is 42.5 Å². The minimum Gasteiger partial charge on any atom is -0.300 e. The first-order valence-electron chi connectivity index (χ1n) is 6.44. The van der Waals surface area contributed by atoms with Crippen LogP contribution in [0.5, 0.6) is 0 Å². The number of hydrogen-bond acceptors (Lipinski definition) is 2. The van der Waals surface area contributed by atoms with Gasteiger partial charge in [0.2, 0.25) is 0 Å². The number of hydrogen-bond donors (Lipinski definition) is 1. The molecule has 19 heavy (non-hydrogen) atoms. The number of rotatable bonds is 3. The molecular weight excluding hydrogens is 254 g/mol. The van der Waals surface area contributed by atoms with E-state index in [-0.39, 0.29) is 0 Å². The van der Waals surface area contributed by atoms with Crippen molar-refractivity contribution in [1.29, 1.82) is 0 Å². The van der Waals surface area contributed by atoms with E-state index in [1.807, 2.05) is 0 Å². The number of H-pyrrole nitrogens is 1. The molecule has 3 aromatic rings. The molecule has 0 atom stereocenters. The molecule has 3 nitrogen and oxygen atoms in total. The minimum absolute atomic E-state index is 0.685. The van der Waals surface area contributed by atoms with Gasteiger partial charge < -0.3 is 4.57 Å². The molecule has 0 spiro atoms. The molecule has 0 bridgehead atoms. The molecule has 96 valence electrons. The summed E-state index contributed by atoms with van der Waals surface area (Å²) in [5.74, 6) is 0.920. The van der Waals surface area contributed by atoms with Gasteiger partial charge in [-0.05, 0) is 29.4 Å². The topological polar surface area (TPSA) is 33.6 Å². The third-order valence-electron chi connectivity index (χ3n) is 3.24. The van der Waals surface area contributed by atoms with Crippen LogP contribution in [-0.4, -0.2) is 14.8 Å². The van der Waals surface area contributed by atoms with E-state index in [1.54, 1.807) is 0 Å². The maximum atomic E-state index is 5.31. The van der Waals surface area contributed by atoms with Crippen LogP contribution in [0.3, 0.4) is 0 Å². The molecule has 1 N–H and O–H groups in total. The van der Waals surface area contributed by atoms with E-state index < -0.39 is 0 Å². The van der Waals surface area contributed by atoms with E-state index in [9.17, 15) is 0 Å². The van der Waals surface area contributed by atoms with Crippen molar-refractivity contribution in [3.05, 3.63) is 47.2 Å². The second-order valence-electron chi connectivity index (χ2n) is 4.53. The predicted octanol–water partition coefficient (Wildman–Crippen LogP) is 4.17. The molecular formula is C15H15N3S. The smallest absolute Gasteiger partial charge is 0.195 e. The van der Waals surface area contributed by atoms with Crippen LogP contribution in [0, 0.1) is 4.77 Å². The summed E-state index contributed by atoms with van der Waals surface area (Å²) in [6, 6.07) is 14.6. The summed E-state index contributed by atoms with van der Waals surface area (Å²) in [7, 11) is 0. The second kappa shape index (κ2) is 4.97. The van der Waals surface area contributed by atoms with Gasteiger partial charge in [-0.1, -0.05) is 49.4 Å². The molecule has 2 aromatic carbocycles. The van der Waals surface area contributed by atoms with Crippen molar-refractivity contribution in [2.75, 3.05) is 0 Å². The zero-order valence-corrected chi connectivity index (χ0v) is 11.6. The number of aromatic nitrogens is 3. The van der Waals surface area contributed by atoms with Gasteiger partial charge in [0.15, 0.2) is 10.6 Å². The SMILES string of the molecule is CCCn1c(-c2cccc3ccccc23)n[nH]c1=S. The van der Waals surface area contributed by atoms with Crippen molar-refractivity contribution in [2.24, 2.45) is 0 Å². The van der Waals surface area contributed by atoms with E-state index in [1.165, 1.54) is 10.8 Å². The van der Waals surface area contributed by atoms with Crippen molar-refractivity contribution in [2.45, 2.75) is 19.9 Å². The molecule has 3 rings (SSSR count). The first-order valence-corrected chi connectivity index (χ1v) is 6.85. The van der Waals surface area contributed by atoms with E-state index in [4.69, 9.17) is 12.2 Å². The van der Waals surface area contributed by atoms with E-state index >= 15 is 0 Å². The fourth-order valence-electron chi connectivity index (χ4n) is 2.37. The van der Waals surface area contributed by atoms with Crippen molar-refractivity contribution in [3.8, 4) is 11.4 Å². The molecule has 0 amide bonds. The summed E-state index contributed by atoms with van der Waals surface area (Å²) in [5.41, 5.74) is 1.12. The van der Waals surface area contributed by atoms with Gasteiger partial charge in [0.05, 0.1) is 0 Å². The Bertz CT molecular complexity index is 765. The van der Waals surface area contributed by atoms with Gasteiger partial charge in [0, 0.05) is 12.1 Å². The summed E-state index contributed by atoms with van der Waals surface area (Å²) < 4.78 is 2.75. The van der Waals surface area contributed by atoms with Crippen LogP contribution in [0.4, 0.5) is 0 Å². The second-order valence-corrected chi connectivity index (χ2v) is 4.92. The Hall–Kier alpha value is -1.94. The van der Waals surface area contributed by atoms with Crippen LogP contribution in [-0.2, 0) is 6.54 Å². The van der Waals surface area contributed by atoms with Gasteiger partial charge >= 0.3 is 0 Å². The van der Waals surface area contributed by atoms with Gasteiger partial charge in [0.25, 0.3) is 0 Å². The lowest BCUT2D eigenvalue weighted by molar-refractivity contribution is 0.675. The number of benzene rings is 2. The Morgan fingerprint density at radius 1 is 1.16 bits per heavy atom. The third-order valence-corrected chi connectivity index (χ3v) is 3.55. The molecule has 0 saturated heterocycles. The fourth-order valence-corrected chi connectivity index (χ4v) is 2.60. The van der Waals surface area contributed by atoms with Crippen LogP contribution < -0.4 is 0 Å². The molecule has 0 fully saturated rings. The van der Waals surface area contributed by atoms with Crippen molar-refractivity contribution in [3.63, 3.8) is 0 Å². The van der Waals surface area contributed by atoms with Crippen molar-refractivity contribution < 1.29 is 0 Å². The standard InChI is InChI=1S/C15H15N3S/c1-2-10-18-14(16-17-15(18)19)13-9-5-7-11-6-3-4-8-12(11)13/h3-9H,2,10H2,1H3,(H,17,19). The highest BCUT2D eigenvalue weighted by Crippen LogP contribution is 2.27. The zero-order chi connectivity index (χ0) is 13.2. The zero-order valence-electron chi connectivity index (χ0n) is 10.8. The van der Waals surface area contributed by atoms with E-state index in [0.717, 1.165) is 24.4 Å². The molecule has 4 heteroatoms. The number of nitrogens with zero attached hydrogens (tertiary/aromatic N) is 2. The predicted molar refractivity (Wildman–Crippen MR) is 80.6 cm³/mol. The number of nitrogens with one attached hydrogen (secondary N) is 1. The minimum atomic E-state index is 0.685. The van der Waals surface area contributed by atoms with Gasteiger partial charge in [-0.25, -0.2) is 0 Å². The average molecular weight is 269 g/mol. The monoisotopic (exact) mass is 269 g/mol. The number of fused-ring (bicyclic) bond motifs is 1. The molecule has 0 aliphatic rings. The Morgan fingerprint density at radius 2 is 1.95 bits per heavy atom. The van der Waals surface area contributed by atoms with Crippen LogP contribution in [0.2, 0.25) is 0 Å². The molecule has 0 unspecified atom stereocenters. The molecule has 0 aliphatic heterocycles. The lowest BCUT2D eigenvalue weighted by Crippen LogP contribution is -2.00. The van der Waals surface area contributed by atoms with Crippen LogP contribution in [0.25, 0.3) is 22.2 Å². The summed E-state index contributed by atoms with van der Waals surface area (Å²) in [4.78, 5) is 0. The number of aromatic amines is 1. The summed E-state index contributed by atoms with van der Waals surface area (Å²) in [6.45, 7) is 3.02. The first kappa shape index (κ1) is 12.1. The highest BCUT2D eigenvalue weighted by Gasteiger charge is 2.10. The highest BCUT2D eigenvalue weighted by atomic mass is 32.1. The largest absolute Gasteiger partial charge is 0.300 e. The van der Waals surface area contributed by atoms with Crippen LogP contribution >= 0.6 is 12.2 Å². The fraction of sp³-hybridized carbons (Fsp3) is 0.200. The maximum absolute atomic E-state index is 5.31. The summed E-state index contributed by atoms with van der Waals surface area (Å²) in [6.07, 6.45) is 1.03. The average Bonchev–Trinajstić information content (AvgIpc) is 2.80. The van der Waals surface area contributed by atoms with Crippen LogP contribution in [0.1, 0.15) is 13.3 Å². The maximum Gasteiger partial charge on any atom is 0.195 e. The van der Waals surface area contributed by atoms with Gasteiger partial charge in [-0.2, -0.15) is 5.10 Å². The van der Waals surface area contributed by atoms with Crippen molar-refractivity contribution >= 4 is 23.0 Å². The van der Waals surface area contributed by atoms with Crippen molar-refractivity contribution in [1.82, 2.24) is 14.8 Å². The highest BCUT2D eigenvalue weighted by molar-refractivity contribution is 7.71.